The first-order chi connectivity index (χ1) is 7.79. The fourth-order valence-electron chi connectivity index (χ4n) is 2.15. The van der Waals surface area contributed by atoms with Crippen LogP contribution in [0.15, 0.2) is 12.1 Å². The summed E-state index contributed by atoms with van der Waals surface area (Å²) in [5.41, 5.74) is 1.73. The van der Waals surface area contributed by atoms with E-state index in [1.54, 1.807) is 0 Å². The minimum Gasteiger partial charge on any atom is -0.474 e. The zero-order valence-corrected chi connectivity index (χ0v) is 9.78. The summed E-state index contributed by atoms with van der Waals surface area (Å²) in [6.07, 6.45) is 6.47. The largest absolute Gasteiger partial charge is 0.474 e. The van der Waals surface area contributed by atoms with Crippen LogP contribution in [0.1, 0.15) is 43.4 Å². The Morgan fingerprint density at radius 2 is 2.06 bits per heavy atom. The van der Waals surface area contributed by atoms with Gasteiger partial charge >= 0.3 is 0 Å². The summed E-state index contributed by atoms with van der Waals surface area (Å²) >= 11 is 0. The number of aliphatic hydroxyl groups is 1. The molecule has 1 N–H and O–H groups in total. The summed E-state index contributed by atoms with van der Waals surface area (Å²) in [4.78, 5) is 4.36. The molecule has 1 heterocycles. The molecule has 16 heavy (non-hydrogen) atoms. The van der Waals surface area contributed by atoms with Gasteiger partial charge in [-0.25, -0.2) is 4.98 Å². The Morgan fingerprint density at radius 1 is 1.31 bits per heavy atom. The molecular formula is C13H19NO2. The second kappa shape index (κ2) is 5.30. The van der Waals surface area contributed by atoms with Crippen LogP contribution in [0.25, 0.3) is 0 Å². The molecule has 1 aliphatic carbocycles. The van der Waals surface area contributed by atoms with Crippen molar-refractivity contribution in [2.45, 2.75) is 51.7 Å². The van der Waals surface area contributed by atoms with E-state index in [1.165, 1.54) is 19.3 Å². The van der Waals surface area contributed by atoms with Gasteiger partial charge in [0, 0.05) is 11.8 Å². The molecule has 0 aromatic carbocycles. The normalized spacial score (nSPS) is 17.4. The summed E-state index contributed by atoms with van der Waals surface area (Å²) in [6, 6.07) is 3.74. The lowest BCUT2D eigenvalue weighted by atomic mass is 9.98. The van der Waals surface area contributed by atoms with Gasteiger partial charge in [0.15, 0.2) is 0 Å². The van der Waals surface area contributed by atoms with Crippen LogP contribution in [0.5, 0.6) is 5.88 Å². The third kappa shape index (κ3) is 2.73. The topological polar surface area (TPSA) is 42.4 Å². The molecule has 1 saturated carbocycles. The molecule has 0 atom stereocenters. The van der Waals surface area contributed by atoms with E-state index in [-0.39, 0.29) is 6.61 Å². The van der Waals surface area contributed by atoms with Gasteiger partial charge < -0.3 is 9.84 Å². The maximum atomic E-state index is 9.05. The van der Waals surface area contributed by atoms with Crippen molar-refractivity contribution in [3.8, 4) is 5.88 Å². The highest BCUT2D eigenvalue weighted by molar-refractivity contribution is 5.24. The Labute approximate surface area is 96.5 Å². The van der Waals surface area contributed by atoms with Gasteiger partial charge in [0.2, 0.25) is 5.88 Å². The smallest absolute Gasteiger partial charge is 0.213 e. The van der Waals surface area contributed by atoms with Crippen LogP contribution in [0.2, 0.25) is 0 Å². The van der Waals surface area contributed by atoms with E-state index in [0.29, 0.717) is 12.0 Å². The third-order valence-electron chi connectivity index (χ3n) is 3.18. The standard InChI is InChI=1S/C13H19NO2/c1-10-11(9-15)7-8-13(14-10)16-12-5-3-2-4-6-12/h7-8,12,15H,2-6,9H2,1H3. The predicted octanol–water partition coefficient (Wildman–Crippen LogP) is 2.59. The average molecular weight is 221 g/mol. The van der Waals surface area contributed by atoms with Gasteiger partial charge in [-0.15, -0.1) is 0 Å². The first-order valence-electron chi connectivity index (χ1n) is 6.03. The molecule has 0 bridgehead atoms. The molecule has 3 nitrogen and oxygen atoms in total. The first-order valence-corrected chi connectivity index (χ1v) is 6.03. The van der Waals surface area contributed by atoms with E-state index in [9.17, 15) is 0 Å². The van der Waals surface area contributed by atoms with Crippen molar-refractivity contribution >= 4 is 0 Å². The molecule has 1 aromatic rings. The molecule has 2 rings (SSSR count). The molecule has 0 aliphatic heterocycles. The van der Waals surface area contributed by atoms with Crippen molar-refractivity contribution in [1.29, 1.82) is 0 Å². The van der Waals surface area contributed by atoms with Gasteiger partial charge in [0.1, 0.15) is 6.10 Å². The fourth-order valence-corrected chi connectivity index (χ4v) is 2.15. The zero-order chi connectivity index (χ0) is 11.4. The van der Waals surface area contributed by atoms with Crippen molar-refractivity contribution < 1.29 is 9.84 Å². The van der Waals surface area contributed by atoms with E-state index in [1.807, 2.05) is 19.1 Å². The van der Waals surface area contributed by atoms with Gasteiger partial charge in [-0.1, -0.05) is 6.42 Å². The molecule has 1 aliphatic rings. The summed E-state index contributed by atoms with van der Waals surface area (Å²) in [7, 11) is 0. The molecule has 0 saturated heterocycles. The van der Waals surface area contributed by atoms with E-state index in [4.69, 9.17) is 9.84 Å². The quantitative estimate of drug-likeness (QED) is 0.853. The number of hydrogen-bond acceptors (Lipinski definition) is 3. The van der Waals surface area contributed by atoms with Crippen LogP contribution in [0, 0.1) is 6.92 Å². The van der Waals surface area contributed by atoms with Gasteiger partial charge in [-0.3, -0.25) is 0 Å². The molecule has 0 spiro atoms. The van der Waals surface area contributed by atoms with Crippen molar-refractivity contribution in [3.63, 3.8) is 0 Å². The monoisotopic (exact) mass is 221 g/mol. The van der Waals surface area contributed by atoms with Crippen molar-refractivity contribution in [2.24, 2.45) is 0 Å². The van der Waals surface area contributed by atoms with E-state index >= 15 is 0 Å². The maximum absolute atomic E-state index is 9.05. The Kier molecular flexibility index (Phi) is 3.78. The SMILES string of the molecule is Cc1nc(OC2CCCCC2)ccc1CO. The van der Waals surface area contributed by atoms with Crippen LogP contribution < -0.4 is 4.74 Å². The molecule has 0 amide bonds. The number of hydrogen-bond donors (Lipinski definition) is 1. The summed E-state index contributed by atoms with van der Waals surface area (Å²) in [5, 5.41) is 9.05. The molecule has 1 fully saturated rings. The molecule has 1 aromatic heterocycles. The molecule has 0 unspecified atom stereocenters. The molecule has 0 radical (unpaired) electrons. The Bertz CT molecular complexity index is 346. The number of aliphatic hydroxyl groups excluding tert-OH is 1. The number of aromatic nitrogens is 1. The minimum atomic E-state index is 0.0442. The second-order valence-corrected chi connectivity index (χ2v) is 4.43. The fraction of sp³-hybridized carbons (Fsp3) is 0.615. The molecular weight excluding hydrogens is 202 g/mol. The van der Waals surface area contributed by atoms with Crippen molar-refractivity contribution in [3.05, 3.63) is 23.4 Å². The highest BCUT2D eigenvalue weighted by Gasteiger charge is 2.15. The Hall–Kier alpha value is -1.09. The number of nitrogens with zero attached hydrogens (tertiary/aromatic N) is 1. The van der Waals surface area contributed by atoms with Crippen LogP contribution in [0.4, 0.5) is 0 Å². The van der Waals surface area contributed by atoms with E-state index in [2.05, 4.69) is 4.98 Å². The summed E-state index contributed by atoms with van der Waals surface area (Å²) in [5.74, 6) is 0.696. The van der Waals surface area contributed by atoms with Crippen molar-refractivity contribution in [2.75, 3.05) is 0 Å². The lowest BCUT2D eigenvalue weighted by Crippen LogP contribution is -2.20. The van der Waals surface area contributed by atoms with E-state index < -0.39 is 0 Å². The average Bonchev–Trinajstić information content (AvgIpc) is 2.31. The third-order valence-corrected chi connectivity index (χ3v) is 3.18. The highest BCUT2D eigenvalue weighted by atomic mass is 16.5. The Morgan fingerprint density at radius 3 is 2.69 bits per heavy atom. The van der Waals surface area contributed by atoms with Crippen LogP contribution >= 0.6 is 0 Å². The lowest BCUT2D eigenvalue weighted by molar-refractivity contribution is 0.148. The lowest BCUT2D eigenvalue weighted by Gasteiger charge is -2.22. The van der Waals surface area contributed by atoms with Crippen LogP contribution in [-0.4, -0.2) is 16.2 Å². The zero-order valence-electron chi connectivity index (χ0n) is 9.78. The number of ether oxygens (including phenoxy) is 1. The minimum absolute atomic E-state index is 0.0442. The van der Waals surface area contributed by atoms with Crippen molar-refractivity contribution in [1.82, 2.24) is 4.98 Å². The van der Waals surface area contributed by atoms with Crippen LogP contribution in [-0.2, 0) is 6.61 Å². The number of rotatable bonds is 3. The molecule has 88 valence electrons. The summed E-state index contributed by atoms with van der Waals surface area (Å²) in [6.45, 7) is 1.95. The van der Waals surface area contributed by atoms with Crippen LogP contribution in [0.3, 0.4) is 0 Å². The number of pyridine rings is 1. The predicted molar refractivity (Wildman–Crippen MR) is 62.4 cm³/mol. The van der Waals surface area contributed by atoms with Gasteiger partial charge in [-0.05, 0) is 44.2 Å². The molecule has 3 heteroatoms. The first kappa shape index (κ1) is 11.4. The van der Waals surface area contributed by atoms with Gasteiger partial charge in [0.25, 0.3) is 0 Å². The second-order valence-electron chi connectivity index (χ2n) is 4.43. The van der Waals surface area contributed by atoms with Gasteiger partial charge in [0.05, 0.1) is 6.61 Å². The highest BCUT2D eigenvalue weighted by Crippen LogP contribution is 2.22. The summed E-state index contributed by atoms with van der Waals surface area (Å²) < 4.78 is 5.84. The maximum Gasteiger partial charge on any atom is 0.213 e. The Balaban J connectivity index is 2.01. The van der Waals surface area contributed by atoms with Gasteiger partial charge in [-0.2, -0.15) is 0 Å². The van der Waals surface area contributed by atoms with E-state index in [0.717, 1.165) is 24.1 Å². The number of aryl methyl sites for hydroxylation is 1.